The van der Waals surface area contributed by atoms with E-state index < -0.39 is 12.0 Å². The minimum absolute atomic E-state index is 0.122. The first-order chi connectivity index (χ1) is 14.6. The molecule has 4 aromatic rings. The van der Waals surface area contributed by atoms with Gasteiger partial charge in [-0.15, -0.1) is 15.3 Å². The number of nitrogens with zero attached hydrogens (tertiary/aromatic N) is 7. The quantitative estimate of drug-likeness (QED) is 0.520. The average Bonchev–Trinajstić information content (AvgIpc) is 3.32. The summed E-state index contributed by atoms with van der Waals surface area (Å²) in [7, 11) is 0. The number of hydrogen-bond donors (Lipinski definition) is 1. The van der Waals surface area contributed by atoms with Crippen LogP contribution in [0.1, 0.15) is 48.0 Å². The van der Waals surface area contributed by atoms with Crippen LogP contribution >= 0.6 is 0 Å². The molecule has 4 heterocycles. The molecule has 4 aromatic heterocycles. The van der Waals surface area contributed by atoms with Gasteiger partial charge in [-0.2, -0.15) is 18.2 Å². The first-order valence-corrected chi connectivity index (χ1v) is 9.54. The monoisotopic (exact) mass is 432 g/mol. The minimum atomic E-state index is -4.66. The van der Waals surface area contributed by atoms with Crippen LogP contribution in [0.25, 0.3) is 11.4 Å². The molecule has 0 fully saturated rings. The van der Waals surface area contributed by atoms with Gasteiger partial charge in [0.15, 0.2) is 11.5 Å². The largest absolute Gasteiger partial charge is 0.453 e. The van der Waals surface area contributed by atoms with E-state index in [0.29, 0.717) is 34.8 Å². The van der Waals surface area contributed by atoms with E-state index in [1.165, 1.54) is 0 Å². The topological polar surface area (TPSA) is 102 Å². The number of rotatable bonds is 5. The fraction of sp³-hybridized carbons (Fsp3) is 0.368. The van der Waals surface area contributed by atoms with Crippen LogP contribution in [0.5, 0.6) is 0 Å². The average molecular weight is 432 g/mol. The molecule has 0 saturated carbocycles. The highest BCUT2D eigenvalue weighted by Gasteiger charge is 2.37. The molecule has 1 atom stereocenters. The zero-order valence-electron chi connectivity index (χ0n) is 17.0. The third-order valence-corrected chi connectivity index (χ3v) is 5.01. The Kier molecular flexibility index (Phi) is 5.07. The predicted molar refractivity (Wildman–Crippen MR) is 103 cm³/mol. The van der Waals surface area contributed by atoms with Crippen molar-refractivity contribution in [1.29, 1.82) is 0 Å². The highest BCUT2D eigenvalue weighted by Crippen LogP contribution is 2.27. The smallest absolute Gasteiger partial charge is 0.346 e. The number of alkyl halides is 3. The summed E-state index contributed by atoms with van der Waals surface area (Å²) in [6, 6.07) is 5.13. The molecule has 12 heteroatoms. The standard InChI is InChI=1S/C19H19F3N8O/c1-10-13(12(3)30-18(24-10)25-17(28-30)19(20,21)22)7-8-15(31)23-11(2)16-27-26-14-6-4-5-9-29(14)16/h4-6,9,11H,7-8H2,1-3H3,(H,23,31). The van der Waals surface area contributed by atoms with Crippen molar-refractivity contribution in [2.75, 3.05) is 0 Å². The number of hydrogen-bond acceptors (Lipinski definition) is 6. The van der Waals surface area contributed by atoms with E-state index in [4.69, 9.17) is 0 Å². The van der Waals surface area contributed by atoms with Crippen LogP contribution < -0.4 is 5.32 Å². The zero-order valence-corrected chi connectivity index (χ0v) is 17.0. The van der Waals surface area contributed by atoms with Gasteiger partial charge in [-0.1, -0.05) is 6.07 Å². The van der Waals surface area contributed by atoms with Gasteiger partial charge in [0, 0.05) is 24.0 Å². The Morgan fingerprint density at radius 3 is 2.71 bits per heavy atom. The number of pyridine rings is 1. The maximum atomic E-state index is 12.9. The molecule has 31 heavy (non-hydrogen) atoms. The minimum Gasteiger partial charge on any atom is -0.346 e. The van der Waals surface area contributed by atoms with Crippen molar-refractivity contribution in [2.45, 2.75) is 45.8 Å². The van der Waals surface area contributed by atoms with Crippen molar-refractivity contribution in [2.24, 2.45) is 0 Å². The molecule has 1 unspecified atom stereocenters. The molecule has 0 radical (unpaired) electrons. The van der Waals surface area contributed by atoms with E-state index in [1.54, 1.807) is 25.2 Å². The fourth-order valence-corrected chi connectivity index (χ4v) is 3.46. The molecular formula is C19H19F3N8O. The Morgan fingerprint density at radius 2 is 1.97 bits per heavy atom. The van der Waals surface area contributed by atoms with Crippen molar-refractivity contribution in [3.05, 3.63) is 53.0 Å². The molecule has 1 amide bonds. The molecule has 0 spiro atoms. The number of fused-ring (bicyclic) bond motifs is 2. The molecule has 0 aromatic carbocycles. The van der Waals surface area contributed by atoms with Crippen LogP contribution in [0.4, 0.5) is 13.2 Å². The highest BCUT2D eigenvalue weighted by molar-refractivity contribution is 5.76. The number of aryl methyl sites for hydroxylation is 2. The molecule has 0 aliphatic heterocycles. The number of carbonyl (C=O) groups excluding carboxylic acids is 1. The lowest BCUT2D eigenvalue weighted by Gasteiger charge is -2.14. The molecule has 0 aliphatic rings. The molecule has 1 N–H and O–H groups in total. The zero-order chi connectivity index (χ0) is 22.3. The number of carbonyl (C=O) groups is 1. The van der Waals surface area contributed by atoms with Crippen molar-refractivity contribution in [3.63, 3.8) is 0 Å². The van der Waals surface area contributed by atoms with Gasteiger partial charge in [0.25, 0.3) is 11.6 Å². The van der Waals surface area contributed by atoms with Crippen LogP contribution in [-0.4, -0.2) is 40.1 Å². The Bertz CT molecular complexity index is 1280. The molecular weight excluding hydrogens is 413 g/mol. The summed E-state index contributed by atoms with van der Waals surface area (Å²) in [6.07, 6.45) is -2.43. The van der Waals surface area contributed by atoms with Crippen LogP contribution in [0.2, 0.25) is 0 Å². The molecule has 9 nitrogen and oxygen atoms in total. The molecule has 4 rings (SSSR count). The van der Waals surface area contributed by atoms with Crippen LogP contribution in [0, 0.1) is 13.8 Å². The second-order valence-electron chi connectivity index (χ2n) is 7.18. The van der Waals surface area contributed by atoms with Gasteiger partial charge < -0.3 is 5.32 Å². The fourth-order valence-electron chi connectivity index (χ4n) is 3.46. The van der Waals surface area contributed by atoms with Gasteiger partial charge in [-0.3, -0.25) is 9.20 Å². The van der Waals surface area contributed by atoms with Crippen molar-refractivity contribution in [1.82, 2.24) is 39.5 Å². The molecule has 0 bridgehead atoms. The van der Waals surface area contributed by atoms with Gasteiger partial charge in [-0.05, 0) is 44.9 Å². The second-order valence-corrected chi connectivity index (χ2v) is 7.18. The van der Waals surface area contributed by atoms with E-state index in [9.17, 15) is 18.0 Å². The second kappa shape index (κ2) is 7.60. The van der Waals surface area contributed by atoms with Gasteiger partial charge >= 0.3 is 6.18 Å². The number of halogens is 3. The van der Waals surface area contributed by atoms with Gasteiger partial charge in [0.05, 0.1) is 6.04 Å². The Labute approximate surface area is 174 Å². The van der Waals surface area contributed by atoms with Gasteiger partial charge in [0.2, 0.25) is 5.91 Å². The summed E-state index contributed by atoms with van der Waals surface area (Å²) in [6.45, 7) is 5.11. The number of nitrogens with one attached hydrogen (secondary N) is 1. The SMILES string of the molecule is Cc1nc2nc(C(F)(F)F)nn2c(C)c1CCC(=O)NC(C)c1nnc2ccccn12. The van der Waals surface area contributed by atoms with Crippen LogP contribution in [-0.2, 0) is 17.4 Å². The van der Waals surface area contributed by atoms with Gasteiger partial charge in [0.1, 0.15) is 0 Å². The van der Waals surface area contributed by atoms with Crippen LogP contribution in [0.15, 0.2) is 24.4 Å². The lowest BCUT2D eigenvalue weighted by Crippen LogP contribution is -2.28. The van der Waals surface area contributed by atoms with E-state index in [2.05, 4.69) is 30.6 Å². The van der Waals surface area contributed by atoms with Crippen molar-refractivity contribution >= 4 is 17.3 Å². The summed E-state index contributed by atoms with van der Waals surface area (Å²) >= 11 is 0. The van der Waals surface area contributed by atoms with Crippen molar-refractivity contribution < 1.29 is 18.0 Å². The highest BCUT2D eigenvalue weighted by atomic mass is 19.4. The summed E-state index contributed by atoms with van der Waals surface area (Å²) < 4.78 is 41.6. The lowest BCUT2D eigenvalue weighted by molar-refractivity contribution is -0.144. The number of amides is 1. The van der Waals surface area contributed by atoms with Gasteiger partial charge in [-0.25, -0.2) is 9.50 Å². The first kappa shape index (κ1) is 20.7. The lowest BCUT2D eigenvalue weighted by atomic mass is 10.1. The maximum Gasteiger partial charge on any atom is 0.453 e. The summed E-state index contributed by atoms with van der Waals surface area (Å²) in [5, 5.41) is 14.6. The Hall–Kier alpha value is -3.57. The predicted octanol–water partition coefficient (Wildman–Crippen LogP) is 2.61. The molecule has 0 saturated heterocycles. The van der Waals surface area contributed by atoms with E-state index in [0.717, 1.165) is 4.52 Å². The molecule has 162 valence electrons. The van der Waals surface area contributed by atoms with E-state index >= 15 is 0 Å². The maximum absolute atomic E-state index is 12.9. The third-order valence-electron chi connectivity index (χ3n) is 5.01. The Morgan fingerprint density at radius 1 is 1.19 bits per heavy atom. The summed E-state index contributed by atoms with van der Waals surface area (Å²) in [5.41, 5.74) is 2.31. The molecule has 0 aliphatic carbocycles. The first-order valence-electron chi connectivity index (χ1n) is 9.54. The van der Waals surface area contributed by atoms with Crippen LogP contribution in [0.3, 0.4) is 0 Å². The van der Waals surface area contributed by atoms with Crippen molar-refractivity contribution in [3.8, 4) is 0 Å². The Balaban J connectivity index is 1.49. The summed E-state index contributed by atoms with van der Waals surface area (Å²) in [5.74, 6) is -0.995. The third kappa shape index (κ3) is 3.92. The normalized spacial score (nSPS) is 13.1. The summed E-state index contributed by atoms with van der Waals surface area (Å²) in [4.78, 5) is 20.1. The number of aromatic nitrogens is 7. The van der Waals surface area contributed by atoms with E-state index in [-0.39, 0.29) is 24.1 Å². The van der Waals surface area contributed by atoms with E-state index in [1.807, 2.05) is 24.4 Å².